The van der Waals surface area contributed by atoms with Crippen LogP contribution in [0.2, 0.25) is 0 Å². The van der Waals surface area contributed by atoms with Gasteiger partial charge in [0, 0.05) is 11.0 Å². The van der Waals surface area contributed by atoms with Crippen LogP contribution >= 0.6 is 15.9 Å². The van der Waals surface area contributed by atoms with Crippen LogP contribution in [-0.2, 0) is 6.18 Å². The summed E-state index contributed by atoms with van der Waals surface area (Å²) < 4.78 is 52.0. The third kappa shape index (κ3) is 4.33. The van der Waals surface area contributed by atoms with Gasteiger partial charge in [-0.25, -0.2) is 4.39 Å². The van der Waals surface area contributed by atoms with Gasteiger partial charge in [-0.15, -0.1) is 0 Å². The minimum atomic E-state index is -4.61. The van der Waals surface area contributed by atoms with Crippen molar-refractivity contribution < 1.29 is 27.5 Å². The normalized spacial score (nSPS) is 12.8. The molecule has 0 saturated carbocycles. The van der Waals surface area contributed by atoms with Gasteiger partial charge in [0.05, 0.1) is 17.2 Å². The first kappa shape index (κ1) is 18.4. The van der Waals surface area contributed by atoms with Crippen molar-refractivity contribution in [2.24, 2.45) is 0 Å². The van der Waals surface area contributed by atoms with Gasteiger partial charge >= 0.3 is 6.18 Å². The highest BCUT2D eigenvalue weighted by atomic mass is 79.9. The fourth-order valence-corrected chi connectivity index (χ4v) is 2.64. The van der Waals surface area contributed by atoms with Crippen LogP contribution in [0.15, 0.2) is 46.9 Å². The van der Waals surface area contributed by atoms with Gasteiger partial charge in [0.1, 0.15) is 5.82 Å². The molecule has 0 fully saturated rings. The smallest absolute Gasteiger partial charge is 0.387 e. The number of hydrogen-bond donors (Lipinski definition) is 2. The maximum absolute atomic E-state index is 13.0. The highest BCUT2D eigenvalue weighted by molar-refractivity contribution is 9.10. The van der Waals surface area contributed by atoms with E-state index in [-0.39, 0.29) is 15.6 Å². The summed E-state index contributed by atoms with van der Waals surface area (Å²) in [6.07, 6.45) is -6.15. The van der Waals surface area contributed by atoms with Gasteiger partial charge < -0.3 is 10.4 Å². The quantitative estimate of drug-likeness (QED) is 0.753. The fraction of sp³-hybridized carbons (Fsp3) is 0.188. The number of alkyl halides is 3. The SMILES string of the molecule is O=C(NCC(O)c1ccccc1C(F)(F)F)c1ccc(F)cc1Br. The molecular formula is C16H12BrF4NO2. The largest absolute Gasteiger partial charge is 0.416 e. The van der Waals surface area contributed by atoms with Crippen LogP contribution in [0, 0.1) is 5.82 Å². The zero-order valence-electron chi connectivity index (χ0n) is 12.1. The summed E-state index contributed by atoms with van der Waals surface area (Å²) in [7, 11) is 0. The van der Waals surface area contributed by atoms with Crippen molar-refractivity contribution in [3.63, 3.8) is 0 Å². The number of hydrogen-bond acceptors (Lipinski definition) is 2. The summed E-state index contributed by atoms with van der Waals surface area (Å²) in [5.74, 6) is -1.19. The molecule has 0 aliphatic heterocycles. The molecule has 2 rings (SSSR count). The Balaban J connectivity index is 2.11. The fourth-order valence-electron chi connectivity index (χ4n) is 2.11. The molecule has 0 aromatic heterocycles. The zero-order chi connectivity index (χ0) is 17.9. The van der Waals surface area contributed by atoms with Gasteiger partial charge in [-0.1, -0.05) is 18.2 Å². The molecular weight excluding hydrogens is 394 g/mol. The third-order valence-electron chi connectivity index (χ3n) is 3.26. The molecule has 24 heavy (non-hydrogen) atoms. The molecule has 0 saturated heterocycles. The van der Waals surface area contributed by atoms with E-state index in [0.717, 1.165) is 24.3 Å². The maximum Gasteiger partial charge on any atom is 0.416 e. The summed E-state index contributed by atoms with van der Waals surface area (Å²) >= 11 is 3.03. The minimum Gasteiger partial charge on any atom is -0.387 e. The molecule has 1 amide bonds. The van der Waals surface area contributed by atoms with Gasteiger partial charge in [-0.3, -0.25) is 4.79 Å². The Hall–Kier alpha value is -1.93. The number of benzene rings is 2. The van der Waals surface area contributed by atoms with Crippen molar-refractivity contribution in [2.75, 3.05) is 6.54 Å². The molecule has 0 aliphatic rings. The first-order valence-electron chi connectivity index (χ1n) is 6.77. The van der Waals surface area contributed by atoms with Crippen LogP contribution in [0.25, 0.3) is 0 Å². The number of aliphatic hydroxyl groups excluding tert-OH is 1. The molecule has 0 heterocycles. The topological polar surface area (TPSA) is 49.3 Å². The van der Waals surface area contributed by atoms with E-state index in [1.165, 1.54) is 18.2 Å². The van der Waals surface area contributed by atoms with Crippen molar-refractivity contribution in [3.05, 3.63) is 69.4 Å². The molecule has 1 unspecified atom stereocenters. The van der Waals surface area contributed by atoms with E-state index in [4.69, 9.17) is 0 Å². The molecule has 0 bridgehead atoms. The van der Waals surface area contributed by atoms with E-state index in [1.54, 1.807) is 0 Å². The number of aliphatic hydroxyl groups is 1. The molecule has 2 aromatic carbocycles. The highest BCUT2D eigenvalue weighted by Gasteiger charge is 2.34. The van der Waals surface area contributed by atoms with E-state index >= 15 is 0 Å². The van der Waals surface area contributed by atoms with E-state index < -0.39 is 36.1 Å². The minimum absolute atomic E-state index is 0.104. The molecule has 3 nitrogen and oxygen atoms in total. The molecule has 0 aliphatic carbocycles. The van der Waals surface area contributed by atoms with Gasteiger partial charge in [0.2, 0.25) is 0 Å². The van der Waals surface area contributed by atoms with Crippen LogP contribution in [0.1, 0.15) is 27.6 Å². The Kier molecular flexibility index (Phi) is 5.61. The summed E-state index contributed by atoms with van der Waals surface area (Å²) in [4.78, 5) is 12.0. The Morgan fingerprint density at radius 2 is 1.88 bits per heavy atom. The average molecular weight is 406 g/mol. The van der Waals surface area contributed by atoms with Crippen LogP contribution in [0.5, 0.6) is 0 Å². The number of rotatable bonds is 4. The molecule has 128 valence electrons. The first-order valence-corrected chi connectivity index (χ1v) is 7.57. The van der Waals surface area contributed by atoms with E-state index in [0.29, 0.717) is 0 Å². The summed E-state index contributed by atoms with van der Waals surface area (Å²) in [6, 6.07) is 7.98. The second-order valence-electron chi connectivity index (χ2n) is 4.94. The number of carbonyl (C=O) groups is 1. The van der Waals surface area contributed by atoms with Crippen LogP contribution < -0.4 is 5.32 Å². The summed E-state index contributed by atoms with van der Waals surface area (Å²) in [5, 5.41) is 12.3. The highest BCUT2D eigenvalue weighted by Crippen LogP contribution is 2.34. The predicted octanol–water partition coefficient (Wildman–Crippen LogP) is 4.07. The van der Waals surface area contributed by atoms with Crippen molar-refractivity contribution in [1.82, 2.24) is 5.32 Å². The lowest BCUT2D eigenvalue weighted by Crippen LogP contribution is -2.29. The molecule has 0 spiro atoms. The van der Waals surface area contributed by atoms with Gasteiger partial charge in [-0.05, 0) is 45.8 Å². The zero-order valence-corrected chi connectivity index (χ0v) is 13.7. The van der Waals surface area contributed by atoms with E-state index in [9.17, 15) is 27.5 Å². The van der Waals surface area contributed by atoms with Crippen molar-refractivity contribution in [3.8, 4) is 0 Å². The summed E-state index contributed by atoms with van der Waals surface area (Å²) in [6.45, 7) is -0.421. The lowest BCUT2D eigenvalue weighted by atomic mass is 10.0. The predicted molar refractivity (Wildman–Crippen MR) is 82.8 cm³/mol. The first-order chi connectivity index (χ1) is 11.2. The second-order valence-corrected chi connectivity index (χ2v) is 5.79. The van der Waals surface area contributed by atoms with Crippen molar-refractivity contribution in [2.45, 2.75) is 12.3 Å². The molecule has 8 heteroatoms. The Morgan fingerprint density at radius 1 is 1.21 bits per heavy atom. The third-order valence-corrected chi connectivity index (χ3v) is 3.91. The van der Waals surface area contributed by atoms with E-state index in [2.05, 4.69) is 21.2 Å². The standard InChI is InChI=1S/C16H12BrF4NO2/c17-13-7-9(18)5-6-11(13)15(24)22-8-14(23)10-3-1-2-4-12(10)16(19,20)21/h1-7,14,23H,8H2,(H,22,24). The lowest BCUT2D eigenvalue weighted by Gasteiger charge is -2.18. The number of halogens is 5. The second kappa shape index (κ2) is 7.31. The molecule has 2 aromatic rings. The monoisotopic (exact) mass is 405 g/mol. The Labute approximate surface area is 143 Å². The number of amides is 1. The molecule has 0 radical (unpaired) electrons. The Bertz CT molecular complexity index is 749. The maximum atomic E-state index is 13.0. The van der Waals surface area contributed by atoms with Crippen LogP contribution in [0.3, 0.4) is 0 Å². The van der Waals surface area contributed by atoms with Crippen LogP contribution in [-0.4, -0.2) is 17.6 Å². The number of carbonyl (C=O) groups excluding carboxylic acids is 1. The van der Waals surface area contributed by atoms with Gasteiger partial charge in [0.25, 0.3) is 5.91 Å². The number of nitrogens with one attached hydrogen (secondary N) is 1. The lowest BCUT2D eigenvalue weighted by molar-refractivity contribution is -0.139. The average Bonchev–Trinajstić information content (AvgIpc) is 2.51. The molecule has 1 atom stereocenters. The van der Waals surface area contributed by atoms with Gasteiger partial charge in [0.15, 0.2) is 0 Å². The van der Waals surface area contributed by atoms with Crippen LogP contribution in [0.4, 0.5) is 17.6 Å². The van der Waals surface area contributed by atoms with E-state index in [1.807, 2.05) is 0 Å². The Morgan fingerprint density at radius 3 is 2.50 bits per heavy atom. The molecule has 2 N–H and O–H groups in total. The summed E-state index contributed by atoms with van der Waals surface area (Å²) in [5.41, 5.74) is -1.19. The van der Waals surface area contributed by atoms with Gasteiger partial charge in [-0.2, -0.15) is 13.2 Å². The van der Waals surface area contributed by atoms with Crippen molar-refractivity contribution in [1.29, 1.82) is 0 Å². The van der Waals surface area contributed by atoms with Crippen molar-refractivity contribution >= 4 is 21.8 Å².